The molecule has 1 heterocycles. The highest BCUT2D eigenvalue weighted by molar-refractivity contribution is 5.84. The van der Waals surface area contributed by atoms with Gasteiger partial charge in [-0.15, -0.1) is 0 Å². The number of fused-ring (bicyclic) bond motifs is 1. The van der Waals surface area contributed by atoms with Gasteiger partial charge in [-0.2, -0.15) is 0 Å². The molecule has 3 aromatic rings. The average molecular weight is 268 g/mol. The molecule has 2 aromatic carbocycles. The Kier molecular flexibility index (Phi) is 3.13. The maximum Gasteiger partial charge on any atom is 0.336 e. The van der Waals surface area contributed by atoms with Gasteiger partial charge in [0.05, 0.1) is 0 Å². The lowest BCUT2D eigenvalue weighted by Gasteiger charge is -2.09. The van der Waals surface area contributed by atoms with Gasteiger partial charge in [0.1, 0.15) is 6.61 Å². The van der Waals surface area contributed by atoms with Crippen molar-refractivity contribution in [1.82, 2.24) is 0 Å². The molecule has 0 fully saturated rings. The zero-order valence-electron chi connectivity index (χ0n) is 10.6. The Balaban J connectivity index is 1.92. The molecular weight excluding hydrogens is 256 g/mol. The minimum absolute atomic E-state index is 0.142. The summed E-state index contributed by atoms with van der Waals surface area (Å²) in [7, 11) is 0. The minimum Gasteiger partial charge on any atom is -0.502 e. The van der Waals surface area contributed by atoms with Crippen LogP contribution in [-0.2, 0) is 6.61 Å². The highest BCUT2D eigenvalue weighted by Crippen LogP contribution is 2.34. The Hall–Kier alpha value is -2.75. The molecule has 0 saturated carbocycles. The molecule has 4 nitrogen and oxygen atoms in total. The Labute approximate surface area is 114 Å². The quantitative estimate of drug-likeness (QED) is 0.741. The van der Waals surface area contributed by atoms with E-state index in [-0.39, 0.29) is 17.1 Å². The normalized spacial score (nSPS) is 10.6. The number of phenolic OH excluding ortho intramolecular Hbond substituents is 1. The number of phenols is 1. The van der Waals surface area contributed by atoms with Crippen molar-refractivity contribution in [3.63, 3.8) is 0 Å². The predicted octanol–water partition coefficient (Wildman–Crippen LogP) is 3.08. The van der Waals surface area contributed by atoms with Gasteiger partial charge in [-0.1, -0.05) is 30.3 Å². The van der Waals surface area contributed by atoms with E-state index in [0.29, 0.717) is 12.0 Å². The molecule has 0 unspecified atom stereocenters. The number of benzene rings is 2. The SMILES string of the molecule is O=c1ccc2ccc(OCc3ccccc3)c(O)c2o1. The summed E-state index contributed by atoms with van der Waals surface area (Å²) < 4.78 is 10.6. The zero-order chi connectivity index (χ0) is 13.9. The van der Waals surface area contributed by atoms with Crippen LogP contribution in [0.2, 0.25) is 0 Å². The summed E-state index contributed by atoms with van der Waals surface area (Å²) in [6.07, 6.45) is 0. The van der Waals surface area contributed by atoms with Crippen LogP contribution in [0.25, 0.3) is 11.0 Å². The third-order valence-corrected chi connectivity index (χ3v) is 2.96. The van der Waals surface area contributed by atoms with Gasteiger partial charge in [-0.25, -0.2) is 4.79 Å². The Morgan fingerprint density at radius 2 is 1.75 bits per heavy atom. The number of ether oxygens (including phenoxy) is 1. The van der Waals surface area contributed by atoms with Crippen molar-refractivity contribution < 1.29 is 14.3 Å². The first kappa shape index (κ1) is 12.3. The molecule has 4 heteroatoms. The summed E-state index contributed by atoms with van der Waals surface area (Å²) >= 11 is 0. The molecule has 0 atom stereocenters. The van der Waals surface area contributed by atoms with Crippen LogP contribution >= 0.6 is 0 Å². The molecule has 0 aliphatic heterocycles. The van der Waals surface area contributed by atoms with E-state index in [0.717, 1.165) is 5.56 Å². The van der Waals surface area contributed by atoms with Gasteiger partial charge in [0.2, 0.25) is 5.75 Å². The van der Waals surface area contributed by atoms with Crippen molar-refractivity contribution >= 4 is 11.0 Å². The maximum atomic E-state index is 11.2. The number of hydrogen-bond acceptors (Lipinski definition) is 4. The molecule has 100 valence electrons. The first-order valence-electron chi connectivity index (χ1n) is 6.16. The maximum absolute atomic E-state index is 11.2. The fourth-order valence-corrected chi connectivity index (χ4v) is 1.95. The second-order valence-electron chi connectivity index (χ2n) is 4.36. The van der Waals surface area contributed by atoms with Crippen molar-refractivity contribution in [3.8, 4) is 11.5 Å². The van der Waals surface area contributed by atoms with Crippen molar-refractivity contribution in [3.05, 3.63) is 70.6 Å². The fraction of sp³-hybridized carbons (Fsp3) is 0.0625. The van der Waals surface area contributed by atoms with E-state index >= 15 is 0 Å². The molecular formula is C16H12O4. The monoisotopic (exact) mass is 268 g/mol. The second-order valence-corrected chi connectivity index (χ2v) is 4.36. The number of rotatable bonds is 3. The summed E-state index contributed by atoms with van der Waals surface area (Å²) in [5.74, 6) is 0.131. The number of aromatic hydroxyl groups is 1. The van der Waals surface area contributed by atoms with E-state index in [1.165, 1.54) is 6.07 Å². The third kappa shape index (κ3) is 2.36. The molecule has 0 aliphatic rings. The molecule has 1 aromatic heterocycles. The van der Waals surface area contributed by atoms with Crippen LogP contribution in [-0.4, -0.2) is 5.11 Å². The van der Waals surface area contributed by atoms with Crippen molar-refractivity contribution in [2.75, 3.05) is 0 Å². The highest BCUT2D eigenvalue weighted by Gasteiger charge is 2.10. The summed E-state index contributed by atoms with van der Waals surface area (Å²) in [6.45, 7) is 0.330. The van der Waals surface area contributed by atoms with Gasteiger partial charge in [0.15, 0.2) is 11.3 Å². The van der Waals surface area contributed by atoms with E-state index in [9.17, 15) is 9.90 Å². The summed E-state index contributed by atoms with van der Waals surface area (Å²) in [6, 6.07) is 15.9. The molecule has 3 rings (SSSR count). The molecule has 0 aliphatic carbocycles. The first-order chi connectivity index (χ1) is 9.74. The van der Waals surface area contributed by atoms with Crippen LogP contribution in [0, 0.1) is 0 Å². The topological polar surface area (TPSA) is 59.7 Å². The Bertz CT molecular complexity index is 790. The average Bonchev–Trinajstić information content (AvgIpc) is 2.48. The second kappa shape index (κ2) is 5.09. The Morgan fingerprint density at radius 1 is 1.00 bits per heavy atom. The van der Waals surface area contributed by atoms with Gasteiger partial charge < -0.3 is 14.3 Å². The van der Waals surface area contributed by atoms with Crippen LogP contribution in [0.5, 0.6) is 11.5 Å². The van der Waals surface area contributed by atoms with Gasteiger partial charge >= 0.3 is 5.63 Å². The zero-order valence-corrected chi connectivity index (χ0v) is 10.6. The molecule has 1 N–H and O–H groups in total. The van der Waals surface area contributed by atoms with E-state index in [2.05, 4.69) is 0 Å². The molecule has 0 bridgehead atoms. The van der Waals surface area contributed by atoms with Gasteiger partial charge in [0.25, 0.3) is 0 Å². The summed E-state index contributed by atoms with van der Waals surface area (Å²) in [5.41, 5.74) is 0.623. The van der Waals surface area contributed by atoms with E-state index < -0.39 is 5.63 Å². The van der Waals surface area contributed by atoms with Crippen molar-refractivity contribution in [2.45, 2.75) is 6.61 Å². The Morgan fingerprint density at radius 3 is 2.55 bits per heavy atom. The predicted molar refractivity (Wildman–Crippen MR) is 74.9 cm³/mol. The van der Waals surface area contributed by atoms with Gasteiger partial charge in [-0.3, -0.25) is 0 Å². The molecule has 20 heavy (non-hydrogen) atoms. The summed E-state index contributed by atoms with van der Waals surface area (Å²) in [4.78, 5) is 11.2. The lowest BCUT2D eigenvalue weighted by molar-refractivity contribution is 0.288. The van der Waals surface area contributed by atoms with Gasteiger partial charge in [-0.05, 0) is 23.8 Å². The summed E-state index contributed by atoms with van der Waals surface area (Å²) in [5, 5.41) is 10.7. The van der Waals surface area contributed by atoms with Crippen LogP contribution in [0.1, 0.15) is 5.56 Å². The van der Waals surface area contributed by atoms with E-state index in [1.807, 2.05) is 30.3 Å². The molecule has 0 radical (unpaired) electrons. The first-order valence-corrected chi connectivity index (χ1v) is 6.16. The van der Waals surface area contributed by atoms with E-state index in [4.69, 9.17) is 9.15 Å². The van der Waals surface area contributed by atoms with Crippen LogP contribution in [0.15, 0.2) is 63.8 Å². The molecule has 0 saturated heterocycles. The van der Waals surface area contributed by atoms with E-state index in [1.54, 1.807) is 18.2 Å². The van der Waals surface area contributed by atoms with Crippen LogP contribution < -0.4 is 10.4 Å². The molecule has 0 amide bonds. The molecule has 0 spiro atoms. The highest BCUT2D eigenvalue weighted by atomic mass is 16.5. The fourth-order valence-electron chi connectivity index (χ4n) is 1.95. The lowest BCUT2D eigenvalue weighted by atomic mass is 10.2. The third-order valence-electron chi connectivity index (χ3n) is 2.96. The lowest BCUT2D eigenvalue weighted by Crippen LogP contribution is -1.97. The number of hydrogen-bond donors (Lipinski definition) is 1. The smallest absolute Gasteiger partial charge is 0.336 e. The minimum atomic E-state index is -0.506. The van der Waals surface area contributed by atoms with Crippen molar-refractivity contribution in [1.29, 1.82) is 0 Å². The van der Waals surface area contributed by atoms with Crippen LogP contribution in [0.3, 0.4) is 0 Å². The van der Waals surface area contributed by atoms with Crippen molar-refractivity contribution in [2.24, 2.45) is 0 Å². The largest absolute Gasteiger partial charge is 0.502 e. The van der Waals surface area contributed by atoms with Gasteiger partial charge in [0, 0.05) is 11.5 Å². The van der Waals surface area contributed by atoms with Crippen LogP contribution in [0.4, 0.5) is 0 Å². The standard InChI is InChI=1S/C16H12O4/c17-14-9-7-12-6-8-13(15(18)16(12)20-14)19-10-11-4-2-1-3-5-11/h1-9,18H,10H2.